The minimum absolute atomic E-state index is 0.101. The summed E-state index contributed by atoms with van der Waals surface area (Å²) in [5.74, 6) is 1.80. The van der Waals surface area contributed by atoms with Gasteiger partial charge in [-0.15, -0.1) is 0 Å². The van der Waals surface area contributed by atoms with E-state index in [1.54, 1.807) is 12.1 Å². The van der Waals surface area contributed by atoms with Gasteiger partial charge < -0.3 is 19.5 Å². The molecule has 0 fully saturated rings. The number of nitrogens with one attached hydrogen (secondary N) is 1. The average molecular weight is 426 g/mol. The number of aryl methyl sites for hydroxylation is 2. The van der Waals surface area contributed by atoms with E-state index in [1.807, 2.05) is 68.4 Å². The van der Waals surface area contributed by atoms with E-state index in [9.17, 15) is 4.79 Å². The van der Waals surface area contributed by atoms with Gasteiger partial charge in [0, 0.05) is 16.8 Å². The molecule has 30 heavy (non-hydrogen) atoms. The Kier molecular flexibility index (Phi) is 7.57. The van der Waals surface area contributed by atoms with Crippen molar-refractivity contribution in [3.05, 3.63) is 82.9 Å². The first-order valence-corrected chi connectivity index (χ1v) is 9.99. The number of carbonyl (C=O) groups excluding carboxylic acids is 1. The number of ether oxygens (including phenoxy) is 3. The number of hydrogen-bond donors (Lipinski definition) is 1. The minimum Gasteiger partial charge on any atom is -0.490 e. The van der Waals surface area contributed by atoms with E-state index >= 15 is 0 Å². The van der Waals surface area contributed by atoms with Gasteiger partial charge in [0.2, 0.25) is 0 Å². The monoisotopic (exact) mass is 425 g/mol. The summed E-state index contributed by atoms with van der Waals surface area (Å²) < 4.78 is 16.9. The van der Waals surface area contributed by atoms with E-state index in [-0.39, 0.29) is 12.5 Å². The number of hydrogen-bond acceptors (Lipinski definition) is 4. The first-order valence-electron chi connectivity index (χ1n) is 9.61. The maximum Gasteiger partial charge on any atom is 0.262 e. The summed E-state index contributed by atoms with van der Waals surface area (Å²) in [6.07, 6.45) is 0. The van der Waals surface area contributed by atoms with Crippen LogP contribution in [-0.2, 0) is 4.79 Å². The maximum atomic E-state index is 12.2. The van der Waals surface area contributed by atoms with E-state index in [2.05, 4.69) is 5.32 Å². The van der Waals surface area contributed by atoms with Gasteiger partial charge in [0.1, 0.15) is 30.5 Å². The second kappa shape index (κ2) is 10.6. The largest absolute Gasteiger partial charge is 0.490 e. The minimum atomic E-state index is -0.259. The molecule has 0 saturated carbocycles. The van der Waals surface area contributed by atoms with E-state index < -0.39 is 0 Å². The summed E-state index contributed by atoms with van der Waals surface area (Å²) in [6, 6.07) is 20.4. The third-order valence-electron chi connectivity index (χ3n) is 4.26. The van der Waals surface area contributed by atoms with E-state index in [1.165, 1.54) is 0 Å². The zero-order valence-electron chi connectivity index (χ0n) is 17.0. The lowest BCUT2D eigenvalue weighted by atomic mass is 10.1. The van der Waals surface area contributed by atoms with Crippen LogP contribution in [-0.4, -0.2) is 25.7 Å². The van der Waals surface area contributed by atoms with Gasteiger partial charge >= 0.3 is 0 Å². The van der Waals surface area contributed by atoms with Crippen molar-refractivity contribution in [1.29, 1.82) is 0 Å². The Labute approximate surface area is 181 Å². The zero-order chi connectivity index (χ0) is 21.3. The van der Waals surface area contributed by atoms with Crippen molar-refractivity contribution in [3.63, 3.8) is 0 Å². The molecule has 1 N–H and O–H groups in total. The third kappa shape index (κ3) is 6.42. The summed E-state index contributed by atoms with van der Waals surface area (Å²) in [6.45, 7) is 4.52. The molecule has 1 amide bonds. The Morgan fingerprint density at radius 2 is 1.43 bits per heavy atom. The van der Waals surface area contributed by atoms with E-state index in [4.69, 9.17) is 25.8 Å². The summed E-state index contributed by atoms with van der Waals surface area (Å²) in [5.41, 5.74) is 2.45. The van der Waals surface area contributed by atoms with Crippen molar-refractivity contribution in [3.8, 4) is 17.2 Å². The molecule has 0 aliphatic rings. The molecule has 0 spiro atoms. The quantitative estimate of drug-likeness (QED) is 0.464. The molecular formula is C24H24ClNO4. The smallest absolute Gasteiger partial charge is 0.262 e. The standard InChI is InChI=1S/C24H24ClNO4/c1-17-13-22(14-18(2)24(17)25)30-16-23(27)26-19-7-6-10-21(15-19)29-12-11-28-20-8-4-3-5-9-20/h3-10,13-15H,11-12,16H2,1-2H3,(H,26,27). The van der Waals surface area contributed by atoms with Crippen LogP contribution in [0.1, 0.15) is 11.1 Å². The summed E-state index contributed by atoms with van der Waals surface area (Å²) in [4.78, 5) is 12.2. The number of rotatable bonds is 9. The summed E-state index contributed by atoms with van der Waals surface area (Å²) in [7, 11) is 0. The second-order valence-electron chi connectivity index (χ2n) is 6.75. The molecule has 0 radical (unpaired) electrons. The molecule has 0 heterocycles. The highest BCUT2D eigenvalue weighted by atomic mass is 35.5. The summed E-state index contributed by atoms with van der Waals surface area (Å²) in [5, 5.41) is 3.51. The van der Waals surface area contributed by atoms with Crippen LogP contribution >= 0.6 is 11.6 Å². The molecule has 3 aromatic rings. The first kappa shape index (κ1) is 21.5. The molecule has 6 heteroatoms. The molecular weight excluding hydrogens is 402 g/mol. The van der Waals surface area contributed by atoms with Crippen LogP contribution in [0.15, 0.2) is 66.7 Å². The fraction of sp³-hybridized carbons (Fsp3) is 0.208. The predicted molar refractivity (Wildman–Crippen MR) is 119 cm³/mol. The van der Waals surface area contributed by atoms with Crippen molar-refractivity contribution in [2.24, 2.45) is 0 Å². The van der Waals surface area contributed by atoms with Crippen LogP contribution in [0.4, 0.5) is 5.69 Å². The Morgan fingerprint density at radius 1 is 0.800 bits per heavy atom. The normalized spacial score (nSPS) is 10.4. The molecule has 5 nitrogen and oxygen atoms in total. The van der Waals surface area contributed by atoms with E-state index in [0.29, 0.717) is 35.4 Å². The highest BCUT2D eigenvalue weighted by Gasteiger charge is 2.08. The molecule has 156 valence electrons. The van der Waals surface area contributed by atoms with Gasteiger partial charge in [0.25, 0.3) is 5.91 Å². The molecule has 0 unspecified atom stereocenters. The van der Waals surface area contributed by atoms with Gasteiger partial charge in [-0.3, -0.25) is 4.79 Å². The lowest BCUT2D eigenvalue weighted by Gasteiger charge is -2.12. The third-order valence-corrected chi connectivity index (χ3v) is 4.86. The number of carbonyl (C=O) groups is 1. The topological polar surface area (TPSA) is 56.8 Å². The van der Waals surface area contributed by atoms with Crippen LogP contribution in [0, 0.1) is 13.8 Å². The average Bonchev–Trinajstić information content (AvgIpc) is 2.74. The van der Waals surface area contributed by atoms with Crippen molar-refractivity contribution < 1.29 is 19.0 Å². The molecule has 0 aliphatic heterocycles. The van der Waals surface area contributed by atoms with Crippen molar-refractivity contribution >= 4 is 23.2 Å². The fourth-order valence-electron chi connectivity index (χ4n) is 2.83. The second-order valence-corrected chi connectivity index (χ2v) is 7.12. The Morgan fingerprint density at radius 3 is 2.13 bits per heavy atom. The molecule has 3 aromatic carbocycles. The fourth-order valence-corrected chi connectivity index (χ4v) is 2.94. The van der Waals surface area contributed by atoms with Crippen LogP contribution in [0.3, 0.4) is 0 Å². The Bertz CT molecular complexity index is 969. The SMILES string of the molecule is Cc1cc(OCC(=O)Nc2cccc(OCCOc3ccccc3)c2)cc(C)c1Cl. The molecule has 0 saturated heterocycles. The summed E-state index contributed by atoms with van der Waals surface area (Å²) >= 11 is 6.16. The molecule has 3 rings (SSSR count). The van der Waals surface area contributed by atoms with Gasteiger partial charge in [0.05, 0.1) is 0 Å². The van der Waals surface area contributed by atoms with E-state index in [0.717, 1.165) is 16.9 Å². The molecule has 0 atom stereocenters. The van der Waals surface area contributed by atoms with Gasteiger partial charge in [0.15, 0.2) is 6.61 Å². The number of halogens is 1. The van der Waals surface area contributed by atoms with Crippen molar-refractivity contribution in [2.45, 2.75) is 13.8 Å². The Hall–Kier alpha value is -3.18. The number of anilines is 1. The van der Waals surface area contributed by atoms with Gasteiger partial charge in [-0.05, 0) is 61.4 Å². The number of benzene rings is 3. The van der Waals surface area contributed by atoms with Crippen LogP contribution in [0.5, 0.6) is 17.2 Å². The highest BCUT2D eigenvalue weighted by Crippen LogP contribution is 2.26. The van der Waals surface area contributed by atoms with Crippen LogP contribution in [0.25, 0.3) is 0 Å². The van der Waals surface area contributed by atoms with Gasteiger partial charge in [-0.25, -0.2) is 0 Å². The van der Waals surface area contributed by atoms with Crippen LogP contribution in [0.2, 0.25) is 5.02 Å². The zero-order valence-corrected chi connectivity index (χ0v) is 17.7. The number of amides is 1. The molecule has 0 aliphatic carbocycles. The molecule has 0 bridgehead atoms. The van der Waals surface area contributed by atoms with Gasteiger partial charge in [-0.2, -0.15) is 0 Å². The first-order chi connectivity index (χ1) is 14.5. The number of para-hydroxylation sites is 1. The van der Waals surface area contributed by atoms with Crippen molar-refractivity contribution in [1.82, 2.24) is 0 Å². The van der Waals surface area contributed by atoms with Crippen molar-refractivity contribution in [2.75, 3.05) is 25.1 Å². The lowest BCUT2D eigenvalue weighted by Crippen LogP contribution is -2.20. The van der Waals surface area contributed by atoms with Crippen LogP contribution < -0.4 is 19.5 Å². The molecule has 0 aromatic heterocycles. The Balaban J connectivity index is 1.45. The highest BCUT2D eigenvalue weighted by molar-refractivity contribution is 6.32. The maximum absolute atomic E-state index is 12.2. The predicted octanol–water partition coefficient (Wildman–Crippen LogP) is 5.43. The van der Waals surface area contributed by atoms with Gasteiger partial charge in [-0.1, -0.05) is 35.9 Å². The lowest BCUT2D eigenvalue weighted by molar-refractivity contribution is -0.118.